The maximum absolute atomic E-state index is 13.5. The Kier molecular flexibility index (Phi) is 6.84. The molecule has 8 nitrogen and oxygen atoms in total. The number of rotatable bonds is 5. The summed E-state index contributed by atoms with van der Waals surface area (Å²) in [6.07, 6.45) is 1.36. The van der Waals surface area contributed by atoms with E-state index in [1.165, 1.54) is 19.4 Å². The zero-order valence-corrected chi connectivity index (χ0v) is 14.4. The summed E-state index contributed by atoms with van der Waals surface area (Å²) in [6.45, 7) is 2.60. The number of halogens is 2. The predicted octanol–water partition coefficient (Wildman–Crippen LogP) is 1.72. The fraction of sp³-hybridized carbons (Fsp3) is 0.333. The molecule has 25 heavy (non-hydrogen) atoms. The molecule has 1 saturated heterocycles. The lowest BCUT2D eigenvalue weighted by Gasteiger charge is -2.26. The van der Waals surface area contributed by atoms with Gasteiger partial charge in [-0.2, -0.15) is 20.1 Å². The van der Waals surface area contributed by atoms with Crippen LogP contribution < -0.4 is 15.1 Å². The fourth-order valence-corrected chi connectivity index (χ4v) is 2.13. The second kappa shape index (κ2) is 9.09. The van der Waals surface area contributed by atoms with Crippen LogP contribution in [0.15, 0.2) is 29.4 Å². The number of nitrogens with zero attached hydrogens (tertiary/aromatic N) is 5. The number of benzene rings is 1. The first-order valence-electron chi connectivity index (χ1n) is 7.42. The van der Waals surface area contributed by atoms with Gasteiger partial charge in [0.2, 0.25) is 5.95 Å². The monoisotopic (exact) mass is 368 g/mol. The van der Waals surface area contributed by atoms with Crippen molar-refractivity contribution in [2.24, 2.45) is 5.10 Å². The van der Waals surface area contributed by atoms with E-state index in [9.17, 15) is 4.39 Å². The predicted molar refractivity (Wildman–Crippen MR) is 94.3 cm³/mol. The van der Waals surface area contributed by atoms with Gasteiger partial charge in [0.25, 0.3) is 5.95 Å². The van der Waals surface area contributed by atoms with E-state index in [1.54, 1.807) is 18.2 Å². The highest BCUT2D eigenvalue weighted by Crippen LogP contribution is 2.16. The molecule has 2 heterocycles. The maximum Gasteiger partial charge on any atom is 0.322 e. The lowest BCUT2D eigenvalue weighted by Crippen LogP contribution is -2.37. The first kappa shape index (κ1) is 18.8. The minimum Gasteiger partial charge on any atom is -0.467 e. The first-order chi connectivity index (χ1) is 11.8. The summed E-state index contributed by atoms with van der Waals surface area (Å²) in [6, 6.07) is 6.51. The van der Waals surface area contributed by atoms with Crippen LogP contribution >= 0.6 is 12.4 Å². The number of morpholine rings is 1. The van der Waals surface area contributed by atoms with Crippen LogP contribution in [-0.2, 0) is 4.74 Å². The van der Waals surface area contributed by atoms with Crippen molar-refractivity contribution >= 4 is 30.5 Å². The highest BCUT2D eigenvalue weighted by molar-refractivity contribution is 5.85. The molecule has 10 heteroatoms. The third-order valence-electron chi connectivity index (χ3n) is 3.35. The zero-order valence-electron chi connectivity index (χ0n) is 13.6. The molecule has 0 bridgehead atoms. The second-order valence-electron chi connectivity index (χ2n) is 4.94. The van der Waals surface area contributed by atoms with Crippen molar-refractivity contribution in [3.05, 3.63) is 35.6 Å². The van der Waals surface area contributed by atoms with Crippen molar-refractivity contribution in [3.8, 4) is 6.01 Å². The van der Waals surface area contributed by atoms with Crippen molar-refractivity contribution in [1.29, 1.82) is 0 Å². The Morgan fingerprint density at radius 1 is 1.24 bits per heavy atom. The topological polar surface area (TPSA) is 84.8 Å². The van der Waals surface area contributed by atoms with Gasteiger partial charge in [-0.1, -0.05) is 18.2 Å². The summed E-state index contributed by atoms with van der Waals surface area (Å²) >= 11 is 0. The van der Waals surface area contributed by atoms with Gasteiger partial charge in [0.05, 0.1) is 26.5 Å². The Balaban J connectivity index is 0.00000225. The van der Waals surface area contributed by atoms with E-state index < -0.39 is 0 Å². The molecule has 1 aliphatic heterocycles. The largest absolute Gasteiger partial charge is 0.467 e. The van der Waals surface area contributed by atoms with Crippen molar-refractivity contribution in [2.45, 2.75) is 0 Å². The van der Waals surface area contributed by atoms with Crippen LogP contribution in [0.2, 0.25) is 0 Å². The SMILES string of the molecule is COc1nc(NN=Cc2ccccc2F)nc(N2CCOCC2)n1.Cl. The molecule has 1 fully saturated rings. The minimum atomic E-state index is -0.356. The fourth-order valence-electron chi connectivity index (χ4n) is 2.13. The van der Waals surface area contributed by atoms with E-state index in [2.05, 4.69) is 25.5 Å². The van der Waals surface area contributed by atoms with E-state index in [1.807, 2.05) is 4.90 Å². The van der Waals surface area contributed by atoms with Gasteiger partial charge >= 0.3 is 6.01 Å². The molecular formula is C15H18ClFN6O2. The standard InChI is InChI=1S/C15H17FN6O2.ClH/c1-23-15-19-13(18-14(20-15)22-6-8-24-9-7-22)21-17-10-11-4-2-3-5-12(11)16;/h2-5,10H,6-9H2,1H3,(H,18,19,20,21);1H. The molecule has 0 atom stereocenters. The number of hydrogen-bond acceptors (Lipinski definition) is 8. The van der Waals surface area contributed by atoms with Gasteiger partial charge in [-0.25, -0.2) is 9.82 Å². The van der Waals surface area contributed by atoms with Crippen LogP contribution in [0.4, 0.5) is 16.3 Å². The molecule has 2 aromatic rings. The number of ether oxygens (including phenoxy) is 2. The molecule has 0 saturated carbocycles. The molecule has 0 aliphatic carbocycles. The Hall–Kier alpha value is -2.52. The Bertz CT molecular complexity index is 727. The number of methoxy groups -OCH3 is 1. The van der Waals surface area contributed by atoms with E-state index in [4.69, 9.17) is 9.47 Å². The highest BCUT2D eigenvalue weighted by Gasteiger charge is 2.16. The molecule has 0 amide bonds. The van der Waals surface area contributed by atoms with E-state index in [-0.39, 0.29) is 30.2 Å². The van der Waals surface area contributed by atoms with Crippen LogP contribution in [0.25, 0.3) is 0 Å². The molecular weight excluding hydrogens is 351 g/mol. The Morgan fingerprint density at radius 2 is 2.00 bits per heavy atom. The second-order valence-corrected chi connectivity index (χ2v) is 4.94. The van der Waals surface area contributed by atoms with Crippen LogP contribution in [0, 0.1) is 5.82 Å². The average molecular weight is 369 g/mol. The van der Waals surface area contributed by atoms with Crippen molar-refractivity contribution in [2.75, 3.05) is 43.7 Å². The third-order valence-corrected chi connectivity index (χ3v) is 3.35. The molecule has 134 valence electrons. The molecule has 0 unspecified atom stereocenters. The number of nitrogens with one attached hydrogen (secondary N) is 1. The summed E-state index contributed by atoms with van der Waals surface area (Å²) in [5, 5.41) is 3.97. The van der Waals surface area contributed by atoms with Gasteiger partial charge in [0.15, 0.2) is 0 Å². The summed E-state index contributed by atoms with van der Waals surface area (Å²) in [7, 11) is 1.48. The van der Waals surface area contributed by atoms with Crippen LogP contribution in [0.5, 0.6) is 6.01 Å². The number of hydrazone groups is 1. The van der Waals surface area contributed by atoms with Crippen molar-refractivity contribution < 1.29 is 13.9 Å². The van der Waals surface area contributed by atoms with E-state index in [0.29, 0.717) is 37.8 Å². The quantitative estimate of drug-likeness (QED) is 0.635. The lowest BCUT2D eigenvalue weighted by molar-refractivity contribution is 0.122. The summed E-state index contributed by atoms with van der Waals surface area (Å²) in [4.78, 5) is 14.6. The highest BCUT2D eigenvalue weighted by atomic mass is 35.5. The summed E-state index contributed by atoms with van der Waals surface area (Å²) in [5.74, 6) is 0.343. The molecule has 1 aromatic carbocycles. The molecule has 1 aliphatic rings. The van der Waals surface area contributed by atoms with Gasteiger partial charge in [-0.15, -0.1) is 12.4 Å². The summed E-state index contributed by atoms with van der Waals surface area (Å²) in [5.41, 5.74) is 3.04. The minimum absolute atomic E-state index is 0. The van der Waals surface area contributed by atoms with Gasteiger partial charge in [-0.05, 0) is 6.07 Å². The van der Waals surface area contributed by atoms with Crippen molar-refractivity contribution in [1.82, 2.24) is 15.0 Å². The zero-order chi connectivity index (χ0) is 16.8. The normalized spacial score (nSPS) is 14.2. The molecule has 1 aromatic heterocycles. The molecule has 3 rings (SSSR count). The van der Waals surface area contributed by atoms with E-state index >= 15 is 0 Å². The number of aromatic nitrogens is 3. The number of anilines is 2. The van der Waals surface area contributed by atoms with Crippen LogP contribution in [0.3, 0.4) is 0 Å². The van der Waals surface area contributed by atoms with E-state index in [0.717, 1.165) is 0 Å². The smallest absolute Gasteiger partial charge is 0.322 e. The Labute approximate surface area is 150 Å². The number of hydrogen-bond donors (Lipinski definition) is 1. The molecule has 0 spiro atoms. The van der Waals surface area contributed by atoms with Crippen LogP contribution in [0.1, 0.15) is 5.56 Å². The summed E-state index contributed by atoms with van der Waals surface area (Å²) < 4.78 is 24.0. The molecule has 1 N–H and O–H groups in total. The van der Waals surface area contributed by atoms with Crippen LogP contribution in [-0.4, -0.2) is 54.6 Å². The maximum atomic E-state index is 13.5. The van der Waals surface area contributed by atoms with Gasteiger partial charge in [0, 0.05) is 18.7 Å². The lowest BCUT2D eigenvalue weighted by atomic mass is 10.2. The van der Waals surface area contributed by atoms with Gasteiger partial charge in [-0.3, -0.25) is 0 Å². The van der Waals surface area contributed by atoms with Crippen molar-refractivity contribution in [3.63, 3.8) is 0 Å². The first-order valence-corrected chi connectivity index (χ1v) is 7.42. The van der Waals surface area contributed by atoms with Gasteiger partial charge < -0.3 is 14.4 Å². The van der Waals surface area contributed by atoms with Gasteiger partial charge in [0.1, 0.15) is 5.82 Å². The molecule has 0 radical (unpaired) electrons. The Morgan fingerprint density at radius 3 is 2.72 bits per heavy atom. The average Bonchev–Trinajstić information content (AvgIpc) is 2.64. The third kappa shape index (κ3) is 4.97.